The zero-order valence-corrected chi connectivity index (χ0v) is 18.2. The van der Waals surface area contributed by atoms with Crippen molar-refractivity contribution in [1.29, 1.82) is 5.26 Å². The minimum Gasteiger partial charge on any atom is -0.382 e. The lowest BCUT2D eigenvalue weighted by Gasteiger charge is -2.31. The molecule has 0 bridgehead atoms. The molecule has 0 aliphatic heterocycles. The van der Waals surface area contributed by atoms with E-state index in [0.29, 0.717) is 33.6 Å². The highest BCUT2D eigenvalue weighted by molar-refractivity contribution is 6.31. The summed E-state index contributed by atoms with van der Waals surface area (Å²) in [5, 5.41) is 16.2. The maximum atomic E-state index is 13.4. The average Bonchev–Trinajstić information content (AvgIpc) is 2.79. The number of rotatable bonds is 4. The fraction of sp³-hybridized carbons (Fsp3) is 0.292. The number of fused-ring (bicyclic) bond motifs is 1. The number of nitriles is 1. The molecule has 0 unspecified atom stereocenters. The third-order valence-electron chi connectivity index (χ3n) is 5.68. The molecule has 1 aromatic heterocycles. The van der Waals surface area contributed by atoms with Gasteiger partial charge >= 0.3 is 6.18 Å². The molecule has 4 rings (SSSR count). The zero-order valence-electron chi connectivity index (χ0n) is 17.4. The van der Waals surface area contributed by atoms with Crippen molar-refractivity contribution in [2.45, 2.75) is 43.9 Å². The van der Waals surface area contributed by atoms with Gasteiger partial charge in [-0.2, -0.15) is 18.4 Å². The summed E-state index contributed by atoms with van der Waals surface area (Å²) in [5.74, 6) is -0.279. The molecule has 1 saturated carbocycles. The van der Waals surface area contributed by atoms with Gasteiger partial charge in [-0.25, -0.2) is 4.98 Å². The third kappa shape index (κ3) is 5.37. The molecular formula is C24H20ClF3N4O. The predicted molar refractivity (Wildman–Crippen MR) is 120 cm³/mol. The number of nitrogens with zero attached hydrogens (tertiary/aromatic N) is 2. The first-order chi connectivity index (χ1) is 15.7. The Hall–Kier alpha value is -3.31. The molecule has 1 amide bonds. The maximum absolute atomic E-state index is 13.4. The molecule has 1 heterocycles. The Labute approximate surface area is 193 Å². The van der Waals surface area contributed by atoms with E-state index in [1.54, 1.807) is 24.3 Å². The summed E-state index contributed by atoms with van der Waals surface area (Å²) in [6.07, 6.45) is -1.71. The number of anilines is 1. The zero-order chi connectivity index (χ0) is 23.6. The van der Waals surface area contributed by atoms with Crippen LogP contribution in [0.3, 0.4) is 0 Å². The van der Waals surface area contributed by atoms with Gasteiger partial charge in [-0.05, 0) is 68.1 Å². The van der Waals surface area contributed by atoms with Crippen molar-refractivity contribution < 1.29 is 18.0 Å². The van der Waals surface area contributed by atoms with Crippen LogP contribution in [-0.4, -0.2) is 23.0 Å². The Morgan fingerprint density at radius 3 is 2.67 bits per heavy atom. The second-order valence-electron chi connectivity index (χ2n) is 8.09. The molecule has 2 atom stereocenters. The highest BCUT2D eigenvalue weighted by Crippen LogP contribution is 2.35. The molecule has 1 aliphatic carbocycles. The van der Waals surface area contributed by atoms with Crippen LogP contribution < -0.4 is 10.6 Å². The Morgan fingerprint density at radius 1 is 1.12 bits per heavy atom. The standard InChI is InChI=1S/C24H20ClF3N4O/c25-16-7-8-20-19(10-16)21(12-22(32-20)24(26,27)28)30-17-5-2-6-18(11-17)31-23(33)15-4-1-3-14(9-15)13-29/h1,3-4,7-10,12,17-18H,2,5-6,11H2,(H,30,32)(H,31,33)/t17-,18+/m0/s1. The largest absolute Gasteiger partial charge is 0.433 e. The average molecular weight is 473 g/mol. The first kappa shape index (κ1) is 22.9. The van der Waals surface area contributed by atoms with Crippen LogP contribution in [0, 0.1) is 11.3 Å². The van der Waals surface area contributed by atoms with Crippen LogP contribution in [-0.2, 0) is 6.18 Å². The summed E-state index contributed by atoms with van der Waals surface area (Å²) in [7, 11) is 0. The topological polar surface area (TPSA) is 77.8 Å². The van der Waals surface area contributed by atoms with E-state index < -0.39 is 11.9 Å². The minimum atomic E-state index is -4.58. The number of carbonyl (C=O) groups is 1. The first-order valence-electron chi connectivity index (χ1n) is 10.5. The van der Waals surface area contributed by atoms with Crippen LogP contribution >= 0.6 is 11.6 Å². The van der Waals surface area contributed by atoms with E-state index in [9.17, 15) is 18.0 Å². The molecule has 1 fully saturated rings. The van der Waals surface area contributed by atoms with Gasteiger partial charge in [0.1, 0.15) is 5.69 Å². The second-order valence-corrected chi connectivity index (χ2v) is 8.52. The number of alkyl halides is 3. The lowest BCUT2D eigenvalue weighted by Crippen LogP contribution is -2.41. The van der Waals surface area contributed by atoms with Gasteiger partial charge in [0.15, 0.2) is 0 Å². The molecule has 1 aliphatic rings. The number of carbonyl (C=O) groups excluding carboxylic acids is 1. The monoisotopic (exact) mass is 472 g/mol. The van der Waals surface area contributed by atoms with Crippen LogP contribution in [0.2, 0.25) is 5.02 Å². The van der Waals surface area contributed by atoms with Gasteiger partial charge in [-0.15, -0.1) is 0 Å². The second kappa shape index (κ2) is 9.28. The van der Waals surface area contributed by atoms with Crippen molar-refractivity contribution in [2.75, 3.05) is 5.32 Å². The first-order valence-corrected chi connectivity index (χ1v) is 10.9. The molecule has 33 heavy (non-hydrogen) atoms. The van der Waals surface area contributed by atoms with Gasteiger partial charge < -0.3 is 10.6 Å². The predicted octanol–water partition coefficient (Wildman–Crippen LogP) is 5.93. The Morgan fingerprint density at radius 2 is 1.91 bits per heavy atom. The van der Waals surface area contributed by atoms with Gasteiger partial charge in [-0.3, -0.25) is 4.79 Å². The minimum absolute atomic E-state index is 0.139. The van der Waals surface area contributed by atoms with Crippen LogP contribution in [0.4, 0.5) is 18.9 Å². The fourth-order valence-electron chi connectivity index (χ4n) is 4.13. The van der Waals surface area contributed by atoms with Crippen molar-refractivity contribution >= 4 is 34.1 Å². The van der Waals surface area contributed by atoms with Crippen molar-refractivity contribution in [1.82, 2.24) is 10.3 Å². The van der Waals surface area contributed by atoms with E-state index in [1.807, 2.05) is 6.07 Å². The fourth-order valence-corrected chi connectivity index (χ4v) is 4.31. The normalized spacial score (nSPS) is 18.5. The van der Waals surface area contributed by atoms with Crippen molar-refractivity contribution in [2.24, 2.45) is 0 Å². The van der Waals surface area contributed by atoms with Gasteiger partial charge in [0.05, 0.1) is 17.1 Å². The van der Waals surface area contributed by atoms with Crippen LogP contribution in [0.15, 0.2) is 48.5 Å². The highest BCUT2D eigenvalue weighted by atomic mass is 35.5. The van der Waals surface area contributed by atoms with Crippen molar-refractivity contribution in [3.8, 4) is 6.07 Å². The molecule has 0 saturated heterocycles. The lowest BCUT2D eigenvalue weighted by atomic mass is 9.90. The summed E-state index contributed by atoms with van der Waals surface area (Å²) in [4.78, 5) is 16.4. The third-order valence-corrected chi connectivity index (χ3v) is 5.92. The summed E-state index contributed by atoms with van der Waals surface area (Å²) < 4.78 is 40.2. The Kier molecular flexibility index (Phi) is 6.43. The molecule has 0 spiro atoms. The molecule has 3 aromatic rings. The van der Waals surface area contributed by atoms with Crippen LogP contribution in [0.25, 0.3) is 10.9 Å². The van der Waals surface area contributed by atoms with Gasteiger partial charge in [0.25, 0.3) is 5.91 Å². The number of amides is 1. The quantitative estimate of drug-likeness (QED) is 0.493. The number of benzene rings is 2. The summed E-state index contributed by atoms with van der Waals surface area (Å²) in [6, 6.07) is 13.7. The van der Waals surface area contributed by atoms with E-state index in [4.69, 9.17) is 16.9 Å². The number of aromatic nitrogens is 1. The molecular weight excluding hydrogens is 453 g/mol. The van der Waals surface area contributed by atoms with Crippen molar-refractivity contribution in [3.63, 3.8) is 0 Å². The number of hydrogen-bond donors (Lipinski definition) is 2. The smallest absolute Gasteiger partial charge is 0.382 e. The number of hydrogen-bond acceptors (Lipinski definition) is 4. The maximum Gasteiger partial charge on any atom is 0.433 e. The Bertz CT molecular complexity index is 1240. The summed E-state index contributed by atoms with van der Waals surface area (Å²) in [6.45, 7) is 0. The molecule has 2 N–H and O–H groups in total. The highest BCUT2D eigenvalue weighted by Gasteiger charge is 2.34. The van der Waals surface area contributed by atoms with E-state index in [-0.39, 0.29) is 23.5 Å². The van der Waals surface area contributed by atoms with Gasteiger partial charge in [0.2, 0.25) is 0 Å². The van der Waals surface area contributed by atoms with E-state index in [2.05, 4.69) is 15.6 Å². The van der Waals surface area contributed by atoms with Crippen molar-refractivity contribution in [3.05, 3.63) is 70.4 Å². The van der Waals surface area contributed by atoms with Crippen LogP contribution in [0.1, 0.15) is 47.3 Å². The van der Waals surface area contributed by atoms with E-state index >= 15 is 0 Å². The summed E-state index contributed by atoms with van der Waals surface area (Å²) >= 11 is 6.08. The van der Waals surface area contributed by atoms with E-state index in [1.165, 1.54) is 18.2 Å². The number of halogens is 4. The Balaban J connectivity index is 1.53. The molecule has 9 heteroatoms. The van der Waals surface area contributed by atoms with Gasteiger partial charge in [0, 0.05) is 33.7 Å². The SMILES string of the molecule is N#Cc1cccc(C(=O)N[C@@H]2CCC[C@H](Nc3cc(C(F)(F)F)nc4ccc(Cl)cc34)C2)c1. The lowest BCUT2D eigenvalue weighted by molar-refractivity contribution is -0.140. The number of nitrogens with one attached hydrogen (secondary N) is 2. The summed E-state index contributed by atoms with van der Waals surface area (Å²) in [5.41, 5.74) is 0.337. The number of pyridine rings is 1. The molecule has 170 valence electrons. The molecule has 5 nitrogen and oxygen atoms in total. The van der Waals surface area contributed by atoms with E-state index in [0.717, 1.165) is 25.3 Å². The van der Waals surface area contributed by atoms with Crippen LogP contribution in [0.5, 0.6) is 0 Å². The molecule has 0 radical (unpaired) electrons. The molecule has 2 aromatic carbocycles. The van der Waals surface area contributed by atoms with Gasteiger partial charge in [-0.1, -0.05) is 17.7 Å².